The molecular formula is C16H14ClN3O. The molecule has 0 saturated carbocycles. The molecule has 0 aliphatic carbocycles. The molecule has 4 nitrogen and oxygen atoms in total. The summed E-state index contributed by atoms with van der Waals surface area (Å²) < 4.78 is 0. The van der Waals surface area contributed by atoms with Crippen LogP contribution in [0.5, 0.6) is 0 Å². The maximum absolute atomic E-state index is 12.2. The fraction of sp³-hybridized carbons (Fsp3) is 0.125. The van der Waals surface area contributed by atoms with Gasteiger partial charge >= 0.3 is 0 Å². The standard InChI is InChI=1S/C16H14ClN3O/c1-10(15-19-13-4-2-3-5-14(13)20-15)18-16(21)11-6-8-12(17)9-7-11/h2-10H,1H3,(H,18,21)(H,19,20)/t10-/m1/s1. The molecule has 0 bridgehead atoms. The lowest BCUT2D eigenvalue weighted by molar-refractivity contribution is 0.0938. The number of aromatic amines is 1. The number of hydrogen-bond acceptors (Lipinski definition) is 2. The van der Waals surface area contributed by atoms with Crippen molar-refractivity contribution in [3.63, 3.8) is 0 Å². The number of carbonyl (C=O) groups excluding carboxylic acids is 1. The average molecular weight is 300 g/mol. The minimum absolute atomic E-state index is 0.153. The van der Waals surface area contributed by atoms with Crippen LogP contribution < -0.4 is 5.32 Å². The Morgan fingerprint density at radius 2 is 1.90 bits per heavy atom. The number of aromatic nitrogens is 2. The van der Waals surface area contributed by atoms with Crippen LogP contribution in [0.3, 0.4) is 0 Å². The van der Waals surface area contributed by atoms with Crippen molar-refractivity contribution in [3.8, 4) is 0 Å². The second kappa shape index (κ2) is 5.58. The molecule has 1 amide bonds. The highest BCUT2D eigenvalue weighted by molar-refractivity contribution is 6.30. The van der Waals surface area contributed by atoms with Crippen LogP contribution in [0.2, 0.25) is 5.02 Å². The van der Waals surface area contributed by atoms with Gasteiger partial charge < -0.3 is 10.3 Å². The summed E-state index contributed by atoms with van der Waals surface area (Å²) in [5.74, 6) is 0.582. The van der Waals surface area contributed by atoms with Gasteiger partial charge in [0.15, 0.2) is 0 Å². The third kappa shape index (κ3) is 2.90. The van der Waals surface area contributed by atoms with Crippen molar-refractivity contribution in [3.05, 3.63) is 64.9 Å². The van der Waals surface area contributed by atoms with Crippen LogP contribution in [-0.2, 0) is 0 Å². The van der Waals surface area contributed by atoms with Gasteiger partial charge in [-0.1, -0.05) is 23.7 Å². The molecule has 3 rings (SSSR count). The number of rotatable bonds is 3. The monoisotopic (exact) mass is 299 g/mol. The summed E-state index contributed by atoms with van der Waals surface area (Å²) in [7, 11) is 0. The quantitative estimate of drug-likeness (QED) is 0.774. The van der Waals surface area contributed by atoms with Crippen LogP contribution in [0.4, 0.5) is 0 Å². The van der Waals surface area contributed by atoms with E-state index >= 15 is 0 Å². The Bertz CT molecular complexity index is 747. The molecule has 0 aliphatic heterocycles. The number of hydrogen-bond donors (Lipinski definition) is 2. The van der Waals surface area contributed by atoms with Crippen LogP contribution in [0.25, 0.3) is 11.0 Å². The summed E-state index contributed by atoms with van der Waals surface area (Å²) in [5, 5.41) is 3.53. The van der Waals surface area contributed by atoms with E-state index in [1.807, 2.05) is 31.2 Å². The molecule has 2 aromatic carbocycles. The van der Waals surface area contributed by atoms with Gasteiger partial charge in [-0.25, -0.2) is 4.98 Å². The van der Waals surface area contributed by atoms with Crippen molar-refractivity contribution in [2.24, 2.45) is 0 Å². The van der Waals surface area contributed by atoms with Gasteiger partial charge in [-0.05, 0) is 43.3 Å². The minimum atomic E-state index is -0.208. The number of carbonyl (C=O) groups is 1. The van der Waals surface area contributed by atoms with Crippen molar-refractivity contribution in [2.75, 3.05) is 0 Å². The van der Waals surface area contributed by atoms with Crippen LogP contribution in [0.1, 0.15) is 29.1 Å². The number of fused-ring (bicyclic) bond motifs is 1. The number of amides is 1. The van der Waals surface area contributed by atoms with Gasteiger partial charge in [-0.15, -0.1) is 0 Å². The Morgan fingerprint density at radius 3 is 2.62 bits per heavy atom. The summed E-state index contributed by atoms with van der Waals surface area (Å²) in [6.07, 6.45) is 0. The number of nitrogens with zero attached hydrogens (tertiary/aromatic N) is 1. The minimum Gasteiger partial charge on any atom is -0.342 e. The summed E-state index contributed by atoms with van der Waals surface area (Å²) in [4.78, 5) is 19.9. The first-order chi connectivity index (χ1) is 10.1. The fourth-order valence-corrected chi connectivity index (χ4v) is 2.25. The van der Waals surface area contributed by atoms with Gasteiger partial charge in [0, 0.05) is 10.6 Å². The van der Waals surface area contributed by atoms with E-state index in [4.69, 9.17) is 11.6 Å². The van der Waals surface area contributed by atoms with Crippen LogP contribution >= 0.6 is 11.6 Å². The first-order valence-corrected chi connectivity index (χ1v) is 7.02. The van der Waals surface area contributed by atoms with Gasteiger partial charge in [0.2, 0.25) is 0 Å². The first-order valence-electron chi connectivity index (χ1n) is 6.64. The van der Waals surface area contributed by atoms with Crippen molar-refractivity contribution in [1.82, 2.24) is 15.3 Å². The lowest BCUT2D eigenvalue weighted by Crippen LogP contribution is -2.27. The largest absolute Gasteiger partial charge is 0.342 e. The van der Waals surface area contributed by atoms with E-state index in [2.05, 4.69) is 15.3 Å². The lowest BCUT2D eigenvalue weighted by Gasteiger charge is -2.11. The first kappa shape index (κ1) is 13.6. The third-order valence-corrected chi connectivity index (χ3v) is 3.52. The van der Waals surface area contributed by atoms with E-state index in [1.54, 1.807) is 24.3 Å². The molecule has 1 atom stereocenters. The molecule has 3 aromatic rings. The molecule has 21 heavy (non-hydrogen) atoms. The number of benzene rings is 2. The van der Waals surface area contributed by atoms with Crippen molar-refractivity contribution < 1.29 is 4.79 Å². The molecule has 5 heteroatoms. The Labute approximate surface area is 127 Å². The van der Waals surface area contributed by atoms with Crippen LogP contribution in [-0.4, -0.2) is 15.9 Å². The zero-order chi connectivity index (χ0) is 14.8. The molecule has 1 aromatic heterocycles. The van der Waals surface area contributed by atoms with E-state index < -0.39 is 0 Å². The third-order valence-electron chi connectivity index (χ3n) is 3.27. The van der Waals surface area contributed by atoms with Gasteiger partial charge in [0.25, 0.3) is 5.91 Å². The van der Waals surface area contributed by atoms with E-state index in [0.717, 1.165) is 16.9 Å². The van der Waals surface area contributed by atoms with Gasteiger partial charge in [-0.3, -0.25) is 4.79 Å². The summed E-state index contributed by atoms with van der Waals surface area (Å²) in [6.45, 7) is 1.89. The summed E-state index contributed by atoms with van der Waals surface area (Å²) in [5.41, 5.74) is 2.42. The fourth-order valence-electron chi connectivity index (χ4n) is 2.13. The van der Waals surface area contributed by atoms with Crippen LogP contribution in [0, 0.1) is 0 Å². The molecule has 106 valence electrons. The smallest absolute Gasteiger partial charge is 0.251 e. The molecule has 1 heterocycles. The van der Waals surface area contributed by atoms with Crippen molar-refractivity contribution in [1.29, 1.82) is 0 Å². The topological polar surface area (TPSA) is 57.8 Å². The normalized spacial score (nSPS) is 12.3. The SMILES string of the molecule is C[C@@H](NC(=O)c1ccc(Cl)cc1)c1nc2ccccc2[nH]1. The maximum Gasteiger partial charge on any atom is 0.251 e. The number of para-hydroxylation sites is 2. The Kier molecular flexibility index (Phi) is 3.62. The number of halogens is 1. The molecule has 0 saturated heterocycles. The van der Waals surface area contributed by atoms with Gasteiger partial charge in [-0.2, -0.15) is 0 Å². The molecule has 0 spiro atoms. The number of nitrogens with one attached hydrogen (secondary N) is 2. The zero-order valence-corrected chi connectivity index (χ0v) is 12.2. The summed E-state index contributed by atoms with van der Waals surface area (Å²) >= 11 is 5.82. The molecule has 2 N–H and O–H groups in total. The second-order valence-corrected chi connectivity index (χ2v) is 5.28. The van der Waals surface area contributed by atoms with E-state index in [1.165, 1.54) is 0 Å². The van der Waals surface area contributed by atoms with Gasteiger partial charge in [0.1, 0.15) is 5.82 Å². The Balaban J connectivity index is 1.77. The highest BCUT2D eigenvalue weighted by Crippen LogP contribution is 2.16. The number of H-pyrrole nitrogens is 1. The van der Waals surface area contributed by atoms with Gasteiger partial charge in [0.05, 0.1) is 17.1 Å². The highest BCUT2D eigenvalue weighted by atomic mass is 35.5. The Morgan fingerprint density at radius 1 is 1.19 bits per heavy atom. The van der Waals surface area contributed by atoms with E-state index in [9.17, 15) is 4.79 Å². The number of imidazole rings is 1. The van der Waals surface area contributed by atoms with Crippen molar-refractivity contribution in [2.45, 2.75) is 13.0 Å². The maximum atomic E-state index is 12.2. The van der Waals surface area contributed by atoms with Crippen molar-refractivity contribution >= 4 is 28.5 Å². The second-order valence-electron chi connectivity index (χ2n) is 4.84. The van der Waals surface area contributed by atoms with E-state index in [-0.39, 0.29) is 11.9 Å². The average Bonchev–Trinajstić information content (AvgIpc) is 2.92. The highest BCUT2D eigenvalue weighted by Gasteiger charge is 2.14. The molecular weight excluding hydrogens is 286 g/mol. The molecule has 0 unspecified atom stereocenters. The molecule has 0 aliphatic rings. The lowest BCUT2D eigenvalue weighted by atomic mass is 10.2. The predicted octanol–water partition coefficient (Wildman–Crippen LogP) is 3.71. The predicted molar refractivity (Wildman–Crippen MR) is 83.4 cm³/mol. The molecule has 0 fully saturated rings. The Hall–Kier alpha value is -2.33. The molecule has 0 radical (unpaired) electrons. The van der Waals surface area contributed by atoms with Crippen LogP contribution in [0.15, 0.2) is 48.5 Å². The summed E-state index contributed by atoms with van der Waals surface area (Å²) in [6, 6.07) is 14.4. The zero-order valence-electron chi connectivity index (χ0n) is 11.4. The van der Waals surface area contributed by atoms with E-state index in [0.29, 0.717) is 10.6 Å².